The first-order valence-corrected chi connectivity index (χ1v) is 9.63. The summed E-state index contributed by atoms with van der Waals surface area (Å²) in [5.74, 6) is 0.422. The van der Waals surface area contributed by atoms with Crippen LogP contribution in [0.15, 0.2) is 42.7 Å². The second kappa shape index (κ2) is 6.04. The van der Waals surface area contributed by atoms with E-state index in [1.165, 1.54) is 0 Å². The lowest BCUT2D eigenvalue weighted by Crippen LogP contribution is -2.43. The van der Waals surface area contributed by atoms with Gasteiger partial charge in [-0.2, -0.15) is 5.10 Å². The fourth-order valence-electron chi connectivity index (χ4n) is 4.72. The number of para-hydroxylation sites is 1. The van der Waals surface area contributed by atoms with Gasteiger partial charge in [-0.15, -0.1) is 0 Å². The average molecular weight is 390 g/mol. The zero-order valence-electron chi connectivity index (χ0n) is 16.6. The molecule has 2 atom stereocenters. The lowest BCUT2D eigenvalue weighted by atomic mass is 9.74. The molecule has 0 aliphatic carbocycles. The third kappa shape index (κ3) is 2.31. The fraction of sp³-hybridized carbons (Fsp3) is 0.333. The van der Waals surface area contributed by atoms with Crippen molar-refractivity contribution < 1.29 is 9.59 Å². The Bertz CT molecular complexity index is 1130. The summed E-state index contributed by atoms with van der Waals surface area (Å²) in [5, 5.41) is 7.39. The molecule has 1 N–H and O–H groups in total. The number of fused-ring (bicyclic) bond motifs is 2. The maximum atomic E-state index is 13.5. The number of amides is 2. The maximum absolute atomic E-state index is 13.5. The molecule has 8 nitrogen and oxygen atoms in total. The molecule has 0 saturated carbocycles. The first-order chi connectivity index (χ1) is 13.9. The molecule has 5 rings (SSSR count). The first kappa shape index (κ1) is 17.7. The molecule has 1 aromatic carbocycles. The number of carbonyl (C=O) groups excluding carboxylic acids is 2. The van der Waals surface area contributed by atoms with E-state index >= 15 is 0 Å². The number of carbonyl (C=O) groups is 2. The van der Waals surface area contributed by atoms with Crippen LogP contribution in [0.4, 0.5) is 5.69 Å². The van der Waals surface area contributed by atoms with Crippen molar-refractivity contribution in [2.24, 2.45) is 14.1 Å². The topological polar surface area (TPSA) is 85.1 Å². The number of benzene rings is 1. The van der Waals surface area contributed by atoms with Crippen LogP contribution < -0.4 is 5.32 Å². The number of hydrogen-bond donors (Lipinski definition) is 1. The molecule has 1 fully saturated rings. The Morgan fingerprint density at radius 3 is 2.76 bits per heavy atom. The molecule has 1 saturated heterocycles. The summed E-state index contributed by atoms with van der Waals surface area (Å²) < 4.78 is 3.57. The highest BCUT2D eigenvalue weighted by atomic mass is 16.2. The molecule has 29 heavy (non-hydrogen) atoms. The molecule has 4 heterocycles. The Morgan fingerprint density at radius 1 is 1.28 bits per heavy atom. The Kier molecular flexibility index (Phi) is 3.68. The van der Waals surface area contributed by atoms with Crippen molar-refractivity contribution in [3.05, 3.63) is 65.5 Å². The number of likely N-dealkylation sites (tertiary alicyclic amines) is 1. The Hall–Kier alpha value is -3.42. The molecule has 8 heteroatoms. The number of hydrogen-bond acceptors (Lipinski definition) is 4. The number of nitrogens with one attached hydrogen (secondary N) is 1. The molecule has 0 unspecified atom stereocenters. The highest BCUT2D eigenvalue weighted by Crippen LogP contribution is 2.54. The number of rotatable bonds is 2. The predicted molar refractivity (Wildman–Crippen MR) is 106 cm³/mol. The number of aromatic nitrogens is 4. The van der Waals surface area contributed by atoms with Crippen LogP contribution in [0.1, 0.15) is 40.0 Å². The van der Waals surface area contributed by atoms with Gasteiger partial charge in [-0.25, -0.2) is 4.98 Å². The first-order valence-electron chi connectivity index (χ1n) is 9.63. The van der Waals surface area contributed by atoms with Crippen molar-refractivity contribution >= 4 is 17.5 Å². The minimum atomic E-state index is -0.866. The molecule has 2 amide bonds. The van der Waals surface area contributed by atoms with Crippen molar-refractivity contribution in [3.8, 4) is 0 Å². The van der Waals surface area contributed by atoms with Gasteiger partial charge in [-0.1, -0.05) is 18.2 Å². The van der Waals surface area contributed by atoms with Crippen molar-refractivity contribution in [1.82, 2.24) is 24.2 Å². The van der Waals surface area contributed by atoms with E-state index in [4.69, 9.17) is 0 Å². The molecule has 2 aliphatic rings. The molecule has 148 valence electrons. The smallest absolute Gasteiger partial charge is 0.275 e. The van der Waals surface area contributed by atoms with Gasteiger partial charge in [-0.05, 0) is 31.0 Å². The van der Waals surface area contributed by atoms with Crippen LogP contribution in [0.25, 0.3) is 0 Å². The highest BCUT2D eigenvalue weighted by Gasteiger charge is 2.60. The molecule has 1 spiro atoms. The third-order valence-electron chi connectivity index (χ3n) is 6.28. The Balaban J connectivity index is 1.68. The standard InChI is InChI=1S/C21H22N6O2/c1-13-12-16(24-26(13)3)19(28)27-10-8-21(17(27)18-22-9-11-25(18)2)14-6-4-5-7-15(14)23-20(21)29/h4-7,9,11-12,17H,8,10H2,1-3H3,(H,23,29)/t17-,21+/m0/s1. The van der Waals surface area contributed by atoms with E-state index < -0.39 is 11.5 Å². The van der Waals surface area contributed by atoms with Crippen molar-refractivity contribution in [1.29, 1.82) is 0 Å². The van der Waals surface area contributed by atoms with Crippen molar-refractivity contribution in [2.75, 3.05) is 11.9 Å². The minimum absolute atomic E-state index is 0.0841. The second-order valence-electron chi connectivity index (χ2n) is 7.81. The highest BCUT2D eigenvalue weighted by molar-refractivity contribution is 6.08. The maximum Gasteiger partial charge on any atom is 0.275 e. The molecule has 2 aromatic heterocycles. The van der Waals surface area contributed by atoms with Crippen molar-refractivity contribution in [3.63, 3.8) is 0 Å². The van der Waals surface area contributed by atoms with Gasteiger partial charge in [0.2, 0.25) is 5.91 Å². The molecule has 2 aliphatic heterocycles. The number of aryl methyl sites for hydroxylation is 3. The summed E-state index contributed by atoms with van der Waals surface area (Å²) in [7, 11) is 3.70. The van der Waals surface area contributed by atoms with Gasteiger partial charge < -0.3 is 14.8 Å². The van der Waals surface area contributed by atoms with E-state index in [2.05, 4.69) is 15.4 Å². The van der Waals surface area contributed by atoms with Crippen LogP contribution in [0, 0.1) is 6.92 Å². The van der Waals surface area contributed by atoms with Crippen molar-refractivity contribution in [2.45, 2.75) is 24.8 Å². The van der Waals surface area contributed by atoms with E-state index in [1.54, 1.807) is 21.8 Å². The number of imidazole rings is 1. The van der Waals surface area contributed by atoms with E-state index in [0.29, 0.717) is 24.5 Å². The second-order valence-corrected chi connectivity index (χ2v) is 7.81. The van der Waals surface area contributed by atoms with Gasteiger partial charge in [0.25, 0.3) is 5.91 Å². The lowest BCUT2D eigenvalue weighted by molar-refractivity contribution is -0.121. The van der Waals surface area contributed by atoms with Gasteiger partial charge in [-0.3, -0.25) is 14.3 Å². The van der Waals surface area contributed by atoms with Crippen LogP contribution in [0.5, 0.6) is 0 Å². The van der Waals surface area contributed by atoms with E-state index in [-0.39, 0.29) is 11.8 Å². The largest absolute Gasteiger partial charge is 0.336 e. The van der Waals surface area contributed by atoms with Gasteiger partial charge in [0.15, 0.2) is 5.69 Å². The molecule has 0 radical (unpaired) electrons. The zero-order chi connectivity index (χ0) is 20.3. The zero-order valence-corrected chi connectivity index (χ0v) is 16.6. The van der Waals surface area contributed by atoms with Crippen LogP contribution in [-0.2, 0) is 24.3 Å². The van der Waals surface area contributed by atoms with Gasteiger partial charge in [0.05, 0.1) is 0 Å². The normalized spacial score (nSPS) is 22.9. The van der Waals surface area contributed by atoms with Crippen LogP contribution in [0.2, 0.25) is 0 Å². The summed E-state index contributed by atoms with van der Waals surface area (Å²) in [4.78, 5) is 33.1. The van der Waals surface area contributed by atoms with Gasteiger partial charge in [0, 0.05) is 44.4 Å². The fourth-order valence-corrected chi connectivity index (χ4v) is 4.72. The van der Waals surface area contributed by atoms with Crippen LogP contribution in [-0.4, -0.2) is 42.6 Å². The van der Waals surface area contributed by atoms with Crippen LogP contribution in [0.3, 0.4) is 0 Å². The van der Waals surface area contributed by atoms with E-state index in [1.807, 2.05) is 56.0 Å². The van der Waals surface area contributed by atoms with E-state index in [9.17, 15) is 9.59 Å². The summed E-state index contributed by atoms with van der Waals surface area (Å²) in [6.45, 7) is 2.36. The monoisotopic (exact) mass is 390 g/mol. The minimum Gasteiger partial charge on any atom is -0.336 e. The Morgan fingerprint density at radius 2 is 2.07 bits per heavy atom. The number of anilines is 1. The van der Waals surface area contributed by atoms with Gasteiger partial charge >= 0.3 is 0 Å². The van der Waals surface area contributed by atoms with Gasteiger partial charge in [0.1, 0.15) is 17.3 Å². The third-order valence-corrected chi connectivity index (χ3v) is 6.28. The lowest BCUT2D eigenvalue weighted by Gasteiger charge is -2.33. The molecule has 0 bridgehead atoms. The van der Waals surface area contributed by atoms with E-state index in [0.717, 1.165) is 16.9 Å². The Labute approximate surface area is 168 Å². The summed E-state index contributed by atoms with van der Waals surface area (Å²) in [5.41, 5.74) is 2.15. The molecular formula is C21H22N6O2. The number of nitrogens with zero attached hydrogens (tertiary/aromatic N) is 5. The summed E-state index contributed by atoms with van der Waals surface area (Å²) >= 11 is 0. The summed E-state index contributed by atoms with van der Waals surface area (Å²) in [6.07, 6.45) is 4.08. The summed E-state index contributed by atoms with van der Waals surface area (Å²) in [6, 6.07) is 8.99. The molecular weight excluding hydrogens is 368 g/mol. The quantitative estimate of drug-likeness (QED) is 0.725. The SMILES string of the molecule is Cc1cc(C(=O)N2CC[C@]3(C(=O)Nc4ccccc43)[C@@H]2c2nccn2C)nn1C. The van der Waals surface area contributed by atoms with Crippen LogP contribution >= 0.6 is 0 Å². The average Bonchev–Trinajstić information content (AvgIpc) is 3.44. The molecule has 3 aromatic rings. The predicted octanol–water partition coefficient (Wildman–Crippen LogP) is 1.94.